The van der Waals surface area contributed by atoms with Crippen molar-refractivity contribution in [1.29, 1.82) is 0 Å². The van der Waals surface area contributed by atoms with Crippen LogP contribution < -0.4 is 5.32 Å². The van der Waals surface area contributed by atoms with Crippen molar-refractivity contribution in [3.05, 3.63) is 29.6 Å². The van der Waals surface area contributed by atoms with Crippen molar-refractivity contribution in [3.63, 3.8) is 0 Å². The topological polar surface area (TPSA) is 66.4 Å². The van der Waals surface area contributed by atoms with Crippen LogP contribution in [0, 0.1) is 24.6 Å². The van der Waals surface area contributed by atoms with E-state index in [4.69, 9.17) is 5.11 Å². The molecule has 5 heteroatoms. The van der Waals surface area contributed by atoms with E-state index in [0.29, 0.717) is 12.0 Å². The average Bonchev–Trinajstić information content (AvgIpc) is 3.03. The summed E-state index contributed by atoms with van der Waals surface area (Å²) in [6.45, 7) is 1.68. The summed E-state index contributed by atoms with van der Waals surface area (Å²) in [6, 6.07) is 4.49. The van der Waals surface area contributed by atoms with Gasteiger partial charge in [-0.3, -0.25) is 9.59 Å². The van der Waals surface area contributed by atoms with E-state index in [-0.39, 0.29) is 5.69 Å². The number of hydrogen-bond acceptors (Lipinski definition) is 2. The molecule has 0 unspecified atom stereocenters. The number of aryl methyl sites for hydroxylation is 1. The number of hydrogen-bond donors (Lipinski definition) is 2. The number of carbonyl (C=O) groups is 2. The SMILES string of the molecule is Cc1cccc(F)c1NC(=O)[C@@H]1C[C@@H]1C(=O)O. The maximum Gasteiger partial charge on any atom is 0.307 e. The molecule has 4 nitrogen and oxygen atoms in total. The van der Waals surface area contributed by atoms with E-state index in [2.05, 4.69) is 5.32 Å². The molecule has 2 atom stereocenters. The molecule has 0 aliphatic heterocycles. The van der Waals surface area contributed by atoms with Crippen LogP contribution in [0.2, 0.25) is 0 Å². The van der Waals surface area contributed by atoms with Gasteiger partial charge in [-0.1, -0.05) is 12.1 Å². The number of halogens is 1. The van der Waals surface area contributed by atoms with Gasteiger partial charge in [0.15, 0.2) is 0 Å². The first-order chi connectivity index (χ1) is 8.00. The number of amides is 1. The van der Waals surface area contributed by atoms with E-state index < -0.39 is 29.5 Å². The molecule has 1 amide bonds. The molecular weight excluding hydrogens is 225 g/mol. The molecule has 1 saturated carbocycles. The lowest BCUT2D eigenvalue weighted by atomic mass is 10.2. The van der Waals surface area contributed by atoms with Gasteiger partial charge < -0.3 is 10.4 Å². The molecule has 1 aromatic carbocycles. The number of carbonyl (C=O) groups excluding carboxylic acids is 1. The Morgan fingerprint density at radius 2 is 2.12 bits per heavy atom. The number of anilines is 1. The van der Waals surface area contributed by atoms with Crippen molar-refractivity contribution in [2.75, 3.05) is 5.32 Å². The summed E-state index contributed by atoms with van der Waals surface area (Å²) in [5.74, 6) is -3.07. The minimum absolute atomic E-state index is 0.133. The molecule has 0 aromatic heterocycles. The first-order valence-electron chi connectivity index (χ1n) is 5.29. The number of nitrogens with one attached hydrogen (secondary N) is 1. The van der Waals surface area contributed by atoms with Gasteiger partial charge in [0.05, 0.1) is 17.5 Å². The summed E-state index contributed by atoms with van der Waals surface area (Å²) < 4.78 is 13.4. The van der Waals surface area contributed by atoms with Crippen LogP contribution in [-0.4, -0.2) is 17.0 Å². The molecule has 17 heavy (non-hydrogen) atoms. The maximum atomic E-state index is 13.4. The van der Waals surface area contributed by atoms with E-state index in [0.717, 1.165) is 0 Å². The molecule has 2 rings (SSSR count). The van der Waals surface area contributed by atoms with Crippen LogP contribution in [-0.2, 0) is 9.59 Å². The minimum Gasteiger partial charge on any atom is -0.481 e. The van der Waals surface area contributed by atoms with Crippen LogP contribution in [0.5, 0.6) is 0 Å². The predicted molar refractivity (Wildman–Crippen MR) is 59.0 cm³/mol. The molecular formula is C12H12FNO3. The Kier molecular flexibility index (Phi) is 2.83. The van der Waals surface area contributed by atoms with Gasteiger partial charge in [-0.15, -0.1) is 0 Å². The zero-order chi connectivity index (χ0) is 12.6. The Labute approximate surface area is 97.4 Å². The molecule has 0 saturated heterocycles. The average molecular weight is 237 g/mol. The number of benzene rings is 1. The first-order valence-corrected chi connectivity index (χ1v) is 5.29. The van der Waals surface area contributed by atoms with E-state index in [9.17, 15) is 14.0 Å². The molecule has 0 heterocycles. The van der Waals surface area contributed by atoms with Crippen molar-refractivity contribution in [1.82, 2.24) is 0 Å². The highest BCUT2D eigenvalue weighted by Crippen LogP contribution is 2.39. The van der Waals surface area contributed by atoms with Crippen LogP contribution in [0.3, 0.4) is 0 Å². The summed E-state index contributed by atoms with van der Waals surface area (Å²) >= 11 is 0. The maximum absolute atomic E-state index is 13.4. The summed E-state index contributed by atoms with van der Waals surface area (Å²) in [6.07, 6.45) is 0.328. The zero-order valence-electron chi connectivity index (χ0n) is 9.24. The van der Waals surface area contributed by atoms with Crippen molar-refractivity contribution < 1.29 is 19.1 Å². The molecule has 2 N–H and O–H groups in total. The third-order valence-corrected chi connectivity index (χ3v) is 2.91. The molecule has 1 aliphatic rings. The van der Waals surface area contributed by atoms with Gasteiger partial charge in [0, 0.05) is 0 Å². The standard InChI is InChI=1S/C12H12FNO3/c1-6-3-2-4-9(13)10(6)14-11(15)7-5-8(7)12(16)17/h2-4,7-8H,5H2,1H3,(H,14,15)(H,16,17)/t7-,8+/m1/s1. The van der Waals surface area contributed by atoms with Crippen LogP contribution in [0.1, 0.15) is 12.0 Å². The van der Waals surface area contributed by atoms with Crippen LogP contribution in [0.4, 0.5) is 10.1 Å². The van der Waals surface area contributed by atoms with Crippen LogP contribution in [0.25, 0.3) is 0 Å². The molecule has 0 spiro atoms. The quantitative estimate of drug-likeness (QED) is 0.842. The van der Waals surface area contributed by atoms with Gasteiger partial charge in [0.1, 0.15) is 5.82 Å². The fourth-order valence-corrected chi connectivity index (χ4v) is 1.76. The van der Waals surface area contributed by atoms with E-state index in [1.807, 2.05) is 0 Å². The predicted octanol–water partition coefficient (Wildman–Crippen LogP) is 1.79. The van der Waals surface area contributed by atoms with Gasteiger partial charge in [-0.25, -0.2) is 4.39 Å². The Balaban J connectivity index is 2.07. The summed E-state index contributed by atoms with van der Waals surface area (Å²) in [5.41, 5.74) is 0.749. The zero-order valence-corrected chi connectivity index (χ0v) is 9.24. The van der Waals surface area contributed by atoms with Crippen molar-refractivity contribution >= 4 is 17.6 Å². The van der Waals surface area contributed by atoms with Gasteiger partial charge in [-0.2, -0.15) is 0 Å². The molecule has 90 valence electrons. The summed E-state index contributed by atoms with van der Waals surface area (Å²) in [5, 5.41) is 11.1. The highest BCUT2D eigenvalue weighted by Gasteiger charge is 2.48. The van der Waals surface area contributed by atoms with Crippen molar-refractivity contribution in [2.45, 2.75) is 13.3 Å². The van der Waals surface area contributed by atoms with E-state index in [1.54, 1.807) is 19.1 Å². The lowest BCUT2D eigenvalue weighted by Gasteiger charge is -2.08. The van der Waals surface area contributed by atoms with Crippen LogP contribution in [0.15, 0.2) is 18.2 Å². The Hall–Kier alpha value is -1.91. The van der Waals surface area contributed by atoms with Gasteiger partial charge in [0.25, 0.3) is 0 Å². The second kappa shape index (κ2) is 4.16. The van der Waals surface area contributed by atoms with Crippen molar-refractivity contribution in [2.24, 2.45) is 11.8 Å². The Morgan fingerprint density at radius 1 is 1.41 bits per heavy atom. The highest BCUT2D eigenvalue weighted by molar-refractivity contribution is 5.98. The molecule has 1 aliphatic carbocycles. The number of carboxylic acids is 1. The Morgan fingerprint density at radius 3 is 2.65 bits per heavy atom. The Bertz CT molecular complexity index is 466. The second-order valence-corrected chi connectivity index (χ2v) is 4.21. The summed E-state index contributed by atoms with van der Waals surface area (Å²) in [7, 11) is 0. The molecule has 1 aromatic rings. The van der Waals surface area contributed by atoms with Gasteiger partial charge >= 0.3 is 5.97 Å². The first kappa shape index (κ1) is 11.6. The third kappa shape index (κ3) is 2.27. The largest absolute Gasteiger partial charge is 0.481 e. The minimum atomic E-state index is -0.976. The van der Waals surface area contributed by atoms with Crippen LogP contribution >= 0.6 is 0 Å². The molecule has 1 fully saturated rings. The monoisotopic (exact) mass is 237 g/mol. The smallest absolute Gasteiger partial charge is 0.307 e. The number of aliphatic carboxylic acids is 1. The number of para-hydroxylation sites is 1. The number of rotatable bonds is 3. The molecule has 0 radical (unpaired) electrons. The third-order valence-electron chi connectivity index (χ3n) is 2.91. The van der Waals surface area contributed by atoms with E-state index in [1.165, 1.54) is 6.07 Å². The lowest BCUT2D eigenvalue weighted by molar-refractivity contribution is -0.139. The van der Waals surface area contributed by atoms with Gasteiger partial charge in [-0.05, 0) is 25.0 Å². The molecule has 0 bridgehead atoms. The fourth-order valence-electron chi connectivity index (χ4n) is 1.76. The highest BCUT2D eigenvalue weighted by atomic mass is 19.1. The fraction of sp³-hybridized carbons (Fsp3) is 0.333. The number of carboxylic acid groups (broad SMARTS) is 1. The summed E-state index contributed by atoms with van der Waals surface area (Å²) in [4.78, 5) is 22.3. The van der Waals surface area contributed by atoms with E-state index >= 15 is 0 Å². The second-order valence-electron chi connectivity index (χ2n) is 4.21. The van der Waals surface area contributed by atoms with Crippen molar-refractivity contribution in [3.8, 4) is 0 Å². The normalized spacial score (nSPS) is 22.0. The lowest BCUT2D eigenvalue weighted by Crippen LogP contribution is -2.18. The van der Waals surface area contributed by atoms with Gasteiger partial charge in [0.2, 0.25) is 5.91 Å².